The van der Waals surface area contributed by atoms with E-state index in [1.165, 1.54) is 30.4 Å². The molecule has 0 radical (unpaired) electrons. The molecule has 1 amide bonds. The Morgan fingerprint density at radius 2 is 1.61 bits per heavy atom. The van der Waals surface area contributed by atoms with Gasteiger partial charge in [-0.05, 0) is 106 Å². The summed E-state index contributed by atoms with van der Waals surface area (Å²) in [5.41, 5.74) is 3.29. The zero-order valence-corrected chi connectivity index (χ0v) is 23.0. The summed E-state index contributed by atoms with van der Waals surface area (Å²) in [5.74, 6) is 2.14. The van der Waals surface area contributed by atoms with E-state index in [2.05, 4.69) is 36.5 Å². The maximum atomic E-state index is 13.5. The molecular formula is C32H41NO5. The van der Waals surface area contributed by atoms with E-state index in [1.54, 1.807) is 0 Å². The van der Waals surface area contributed by atoms with Crippen molar-refractivity contribution in [2.45, 2.75) is 71.1 Å². The number of rotatable bonds is 11. The van der Waals surface area contributed by atoms with E-state index in [0.717, 1.165) is 30.6 Å². The Morgan fingerprint density at radius 3 is 2.29 bits per heavy atom. The van der Waals surface area contributed by atoms with Gasteiger partial charge in [-0.2, -0.15) is 0 Å². The van der Waals surface area contributed by atoms with Gasteiger partial charge in [0.05, 0.1) is 18.6 Å². The van der Waals surface area contributed by atoms with Crippen LogP contribution in [0.4, 0.5) is 0 Å². The SMILES string of the molecule is CCOc1ccc(CCNC(=O)COC(=O)C23C[C@@H]4C[C@@H](C2)CC(c2ccc(C)cc2)(C4)C3)cc1OCC. The van der Waals surface area contributed by atoms with Crippen LogP contribution in [-0.4, -0.2) is 38.2 Å². The van der Waals surface area contributed by atoms with Crippen molar-refractivity contribution in [1.82, 2.24) is 5.32 Å². The average molecular weight is 520 g/mol. The van der Waals surface area contributed by atoms with Gasteiger partial charge in [-0.25, -0.2) is 0 Å². The van der Waals surface area contributed by atoms with Crippen LogP contribution in [0, 0.1) is 24.2 Å². The van der Waals surface area contributed by atoms with Crippen LogP contribution in [0.1, 0.15) is 69.1 Å². The quantitative estimate of drug-likeness (QED) is 0.395. The van der Waals surface area contributed by atoms with Crippen LogP contribution >= 0.6 is 0 Å². The highest BCUT2D eigenvalue weighted by atomic mass is 16.5. The summed E-state index contributed by atoms with van der Waals surface area (Å²) in [5, 5.41) is 2.90. The first-order valence-corrected chi connectivity index (χ1v) is 14.2. The highest BCUT2D eigenvalue weighted by molar-refractivity contribution is 5.83. The van der Waals surface area contributed by atoms with E-state index >= 15 is 0 Å². The summed E-state index contributed by atoms with van der Waals surface area (Å²) in [6.07, 6.45) is 6.85. The molecule has 6 nitrogen and oxygen atoms in total. The Labute approximate surface area is 226 Å². The molecule has 38 heavy (non-hydrogen) atoms. The third-order valence-corrected chi connectivity index (χ3v) is 8.84. The topological polar surface area (TPSA) is 73.9 Å². The number of carbonyl (C=O) groups is 2. The zero-order chi connectivity index (χ0) is 26.8. The first-order chi connectivity index (χ1) is 18.3. The smallest absolute Gasteiger partial charge is 0.312 e. The van der Waals surface area contributed by atoms with Crippen LogP contribution in [-0.2, 0) is 26.2 Å². The van der Waals surface area contributed by atoms with Crippen LogP contribution in [0.15, 0.2) is 42.5 Å². The van der Waals surface area contributed by atoms with E-state index in [0.29, 0.717) is 43.8 Å². The van der Waals surface area contributed by atoms with Crippen molar-refractivity contribution in [3.63, 3.8) is 0 Å². The molecule has 0 spiro atoms. The van der Waals surface area contributed by atoms with Crippen molar-refractivity contribution in [3.05, 3.63) is 59.2 Å². The molecule has 4 aliphatic carbocycles. The van der Waals surface area contributed by atoms with Crippen molar-refractivity contribution >= 4 is 11.9 Å². The van der Waals surface area contributed by atoms with Gasteiger partial charge in [0, 0.05) is 6.54 Å². The van der Waals surface area contributed by atoms with Crippen LogP contribution in [0.2, 0.25) is 0 Å². The lowest BCUT2D eigenvalue weighted by atomic mass is 9.43. The van der Waals surface area contributed by atoms with E-state index in [4.69, 9.17) is 14.2 Å². The first-order valence-electron chi connectivity index (χ1n) is 14.2. The number of aryl methyl sites for hydroxylation is 1. The number of hydrogen-bond donors (Lipinski definition) is 1. The molecule has 2 aromatic rings. The zero-order valence-electron chi connectivity index (χ0n) is 23.0. The largest absolute Gasteiger partial charge is 0.490 e. The van der Waals surface area contributed by atoms with Crippen molar-refractivity contribution in [3.8, 4) is 11.5 Å². The lowest BCUT2D eigenvalue weighted by molar-refractivity contribution is -0.175. The van der Waals surface area contributed by atoms with Gasteiger partial charge in [0.2, 0.25) is 0 Å². The maximum Gasteiger partial charge on any atom is 0.312 e. The molecular weight excluding hydrogens is 478 g/mol. The van der Waals surface area contributed by atoms with Gasteiger partial charge in [-0.1, -0.05) is 35.9 Å². The summed E-state index contributed by atoms with van der Waals surface area (Å²) in [4.78, 5) is 26.0. The molecule has 1 N–H and O–H groups in total. The molecule has 4 saturated carbocycles. The third-order valence-electron chi connectivity index (χ3n) is 8.84. The fourth-order valence-corrected chi connectivity index (χ4v) is 7.68. The van der Waals surface area contributed by atoms with Gasteiger partial charge in [0.15, 0.2) is 18.1 Å². The molecule has 6 heteroatoms. The second-order valence-electron chi connectivity index (χ2n) is 11.7. The van der Waals surface area contributed by atoms with Crippen LogP contribution < -0.4 is 14.8 Å². The molecule has 4 bridgehead atoms. The van der Waals surface area contributed by atoms with E-state index in [9.17, 15) is 9.59 Å². The third kappa shape index (κ3) is 5.41. The lowest BCUT2D eigenvalue weighted by Crippen LogP contribution is -2.57. The van der Waals surface area contributed by atoms with Crippen molar-refractivity contribution in [2.75, 3.05) is 26.4 Å². The van der Waals surface area contributed by atoms with Gasteiger partial charge in [0.25, 0.3) is 5.91 Å². The minimum atomic E-state index is -0.451. The van der Waals surface area contributed by atoms with Crippen molar-refractivity contribution in [1.29, 1.82) is 0 Å². The van der Waals surface area contributed by atoms with E-state index < -0.39 is 5.41 Å². The Hall–Kier alpha value is -3.02. The molecule has 0 aromatic heterocycles. The molecule has 0 heterocycles. The standard InChI is InChI=1S/C32H41NO5/c1-4-36-27-11-8-23(15-28(27)37-5-2)12-13-33-29(34)20-38-30(35)32-18-24-14-25(19-32)17-31(16-24,21-32)26-9-6-22(3)7-10-26/h6-11,15,24-25H,4-5,12-14,16-21H2,1-3H3,(H,33,34)/t24-,25-,31?,32?/m1/s1. The van der Waals surface area contributed by atoms with Crippen LogP contribution in [0.3, 0.4) is 0 Å². The second kappa shape index (κ2) is 11.0. The molecule has 4 fully saturated rings. The fourth-order valence-electron chi connectivity index (χ4n) is 7.68. The average Bonchev–Trinajstić information content (AvgIpc) is 2.88. The normalized spacial score (nSPS) is 27.1. The summed E-state index contributed by atoms with van der Waals surface area (Å²) in [6.45, 7) is 7.36. The number of hydrogen-bond acceptors (Lipinski definition) is 5. The lowest BCUT2D eigenvalue weighted by Gasteiger charge is -2.61. The van der Waals surface area contributed by atoms with E-state index in [1.807, 2.05) is 32.0 Å². The highest BCUT2D eigenvalue weighted by Gasteiger charge is 2.61. The molecule has 0 saturated heterocycles. The number of benzene rings is 2. The second-order valence-corrected chi connectivity index (χ2v) is 11.7. The summed E-state index contributed by atoms with van der Waals surface area (Å²) >= 11 is 0. The molecule has 4 aliphatic rings. The van der Waals surface area contributed by atoms with Crippen molar-refractivity contribution < 1.29 is 23.8 Å². The summed E-state index contributed by atoms with van der Waals surface area (Å²) < 4.78 is 17.0. The fraction of sp³-hybridized carbons (Fsp3) is 0.562. The van der Waals surface area contributed by atoms with E-state index in [-0.39, 0.29) is 23.9 Å². The molecule has 0 unspecified atom stereocenters. The first kappa shape index (κ1) is 26.6. The van der Waals surface area contributed by atoms with Crippen LogP contribution in [0.5, 0.6) is 11.5 Å². The van der Waals surface area contributed by atoms with Crippen molar-refractivity contribution in [2.24, 2.45) is 17.3 Å². The molecule has 2 atom stereocenters. The molecule has 6 rings (SSSR count). The molecule has 0 aliphatic heterocycles. The van der Waals surface area contributed by atoms with Gasteiger partial charge in [-0.3, -0.25) is 9.59 Å². The van der Waals surface area contributed by atoms with Gasteiger partial charge in [-0.15, -0.1) is 0 Å². The Kier molecular flexibility index (Phi) is 7.69. The summed E-state index contributed by atoms with van der Waals surface area (Å²) in [7, 11) is 0. The van der Waals surface area contributed by atoms with Crippen LogP contribution in [0.25, 0.3) is 0 Å². The van der Waals surface area contributed by atoms with Gasteiger partial charge < -0.3 is 19.5 Å². The molecule has 2 aromatic carbocycles. The Balaban J connectivity index is 1.15. The number of ether oxygens (including phenoxy) is 3. The predicted octanol–water partition coefficient (Wildman–Crippen LogP) is 5.53. The minimum absolute atomic E-state index is 0.0666. The van der Waals surface area contributed by atoms with Gasteiger partial charge >= 0.3 is 5.97 Å². The Bertz CT molecular complexity index is 1140. The minimum Gasteiger partial charge on any atom is -0.490 e. The highest BCUT2D eigenvalue weighted by Crippen LogP contribution is 2.66. The monoisotopic (exact) mass is 519 g/mol. The number of amides is 1. The number of nitrogens with one attached hydrogen (secondary N) is 1. The number of carbonyl (C=O) groups excluding carboxylic acids is 2. The maximum absolute atomic E-state index is 13.5. The molecule has 204 valence electrons. The number of esters is 1. The summed E-state index contributed by atoms with van der Waals surface area (Å²) in [6, 6.07) is 14.7. The van der Waals surface area contributed by atoms with Gasteiger partial charge in [0.1, 0.15) is 0 Å². The Morgan fingerprint density at radius 1 is 0.921 bits per heavy atom. The predicted molar refractivity (Wildman–Crippen MR) is 146 cm³/mol.